The standard InChI is InChI=1S/C9H7N2O/c1-2-4-8(5-3-1)12-9-6-7-10-11-9/h2-7H,(H,10,11). The summed E-state index contributed by atoms with van der Waals surface area (Å²) in [5.41, 5.74) is 0. The first-order chi connectivity index (χ1) is 5.95. The molecule has 0 bridgehead atoms. The molecule has 1 aromatic heterocycles. The van der Waals surface area contributed by atoms with E-state index in [9.17, 15) is 0 Å². The highest BCUT2D eigenvalue weighted by molar-refractivity contribution is 5.24. The molecule has 0 aliphatic heterocycles. The summed E-state index contributed by atoms with van der Waals surface area (Å²) < 4.78 is 5.36. The number of aromatic nitrogens is 2. The molecule has 12 heavy (non-hydrogen) atoms. The highest BCUT2D eigenvalue weighted by atomic mass is 16.5. The van der Waals surface area contributed by atoms with Gasteiger partial charge >= 0.3 is 0 Å². The van der Waals surface area contributed by atoms with Crippen LogP contribution in [0.15, 0.2) is 36.5 Å². The smallest absolute Gasteiger partial charge is 0.237 e. The van der Waals surface area contributed by atoms with Crippen LogP contribution in [0.2, 0.25) is 0 Å². The first-order valence-electron chi connectivity index (χ1n) is 3.59. The van der Waals surface area contributed by atoms with E-state index >= 15 is 0 Å². The van der Waals surface area contributed by atoms with Crippen LogP contribution in [-0.4, -0.2) is 10.2 Å². The number of nitrogens with zero attached hydrogens (tertiary/aromatic N) is 1. The van der Waals surface area contributed by atoms with Gasteiger partial charge in [-0.15, -0.1) is 5.10 Å². The second-order valence-electron chi connectivity index (χ2n) is 2.25. The van der Waals surface area contributed by atoms with Gasteiger partial charge in [0.1, 0.15) is 5.75 Å². The Balaban J connectivity index is 2.15. The Morgan fingerprint density at radius 3 is 2.75 bits per heavy atom. The molecule has 1 radical (unpaired) electrons. The quantitative estimate of drug-likeness (QED) is 0.727. The summed E-state index contributed by atoms with van der Waals surface area (Å²) in [7, 11) is 0. The van der Waals surface area contributed by atoms with Gasteiger partial charge in [-0.05, 0) is 18.2 Å². The molecule has 1 heterocycles. The second kappa shape index (κ2) is 3.09. The number of ether oxygens (including phenoxy) is 1. The maximum Gasteiger partial charge on any atom is 0.237 e. The molecule has 0 aliphatic rings. The fourth-order valence-corrected chi connectivity index (χ4v) is 0.864. The van der Waals surface area contributed by atoms with Crippen LogP contribution in [0, 0.1) is 6.07 Å². The number of aromatic amines is 1. The van der Waals surface area contributed by atoms with Gasteiger partial charge in [0.05, 0.1) is 0 Å². The third-order valence-corrected chi connectivity index (χ3v) is 1.39. The van der Waals surface area contributed by atoms with E-state index in [-0.39, 0.29) is 0 Å². The van der Waals surface area contributed by atoms with E-state index in [0.29, 0.717) is 5.88 Å². The molecule has 3 heteroatoms. The lowest BCUT2D eigenvalue weighted by molar-refractivity contribution is 0.461. The molecule has 2 rings (SSSR count). The van der Waals surface area contributed by atoms with Gasteiger partial charge in [-0.3, -0.25) is 5.10 Å². The van der Waals surface area contributed by atoms with E-state index in [1.165, 1.54) is 0 Å². The van der Waals surface area contributed by atoms with E-state index in [4.69, 9.17) is 4.74 Å². The highest BCUT2D eigenvalue weighted by Crippen LogP contribution is 2.16. The van der Waals surface area contributed by atoms with Gasteiger partial charge in [0.25, 0.3) is 0 Å². The van der Waals surface area contributed by atoms with E-state index in [0.717, 1.165) is 5.75 Å². The summed E-state index contributed by atoms with van der Waals surface area (Å²) in [6.07, 6.45) is 1.71. The molecule has 2 aromatic rings. The highest BCUT2D eigenvalue weighted by Gasteiger charge is 1.95. The van der Waals surface area contributed by atoms with Gasteiger partial charge < -0.3 is 4.74 Å². The summed E-state index contributed by atoms with van der Waals surface area (Å²) in [5.74, 6) is 1.34. The molecular weight excluding hydrogens is 152 g/mol. The largest absolute Gasteiger partial charge is 0.438 e. The van der Waals surface area contributed by atoms with Gasteiger partial charge in [-0.2, -0.15) is 0 Å². The monoisotopic (exact) mass is 159 g/mol. The van der Waals surface area contributed by atoms with Crippen LogP contribution >= 0.6 is 0 Å². The van der Waals surface area contributed by atoms with E-state index < -0.39 is 0 Å². The Bertz CT molecular complexity index is 329. The van der Waals surface area contributed by atoms with Crippen molar-refractivity contribution in [3.8, 4) is 11.6 Å². The number of benzene rings is 1. The van der Waals surface area contributed by atoms with Crippen molar-refractivity contribution in [3.05, 3.63) is 42.6 Å². The summed E-state index contributed by atoms with van der Waals surface area (Å²) >= 11 is 0. The zero-order valence-electron chi connectivity index (χ0n) is 6.32. The first kappa shape index (κ1) is 6.91. The Hall–Kier alpha value is -1.77. The van der Waals surface area contributed by atoms with E-state index in [1.54, 1.807) is 24.4 Å². The average molecular weight is 159 g/mol. The summed E-state index contributed by atoms with van der Waals surface area (Å²) in [6, 6.07) is 11.9. The number of nitrogens with one attached hydrogen (secondary N) is 1. The Kier molecular flexibility index (Phi) is 1.78. The SMILES string of the molecule is [c]1ccc(Oc2cc[nH]n2)cc1. The van der Waals surface area contributed by atoms with Gasteiger partial charge in [0.2, 0.25) is 5.88 Å². The van der Waals surface area contributed by atoms with Crippen molar-refractivity contribution in [1.29, 1.82) is 0 Å². The van der Waals surface area contributed by atoms with Gasteiger partial charge in [-0.1, -0.05) is 12.1 Å². The van der Waals surface area contributed by atoms with Gasteiger partial charge in [0.15, 0.2) is 0 Å². The number of hydrogen-bond donors (Lipinski definition) is 1. The molecule has 1 aromatic carbocycles. The lowest BCUT2D eigenvalue weighted by Gasteiger charge is -1.98. The summed E-state index contributed by atoms with van der Waals surface area (Å²) in [6.45, 7) is 0. The molecule has 1 N–H and O–H groups in total. The lowest BCUT2D eigenvalue weighted by Crippen LogP contribution is -1.82. The van der Waals surface area contributed by atoms with Crippen molar-refractivity contribution in [2.24, 2.45) is 0 Å². The predicted molar refractivity (Wildman–Crippen MR) is 43.9 cm³/mol. The molecule has 0 unspecified atom stereocenters. The molecular formula is C9H7N2O. The number of H-pyrrole nitrogens is 1. The Morgan fingerprint density at radius 2 is 2.08 bits per heavy atom. The zero-order valence-corrected chi connectivity index (χ0v) is 6.32. The normalized spacial score (nSPS) is 9.67. The molecule has 0 aliphatic carbocycles. The molecule has 0 saturated carbocycles. The minimum absolute atomic E-state index is 0.571. The number of rotatable bonds is 2. The lowest BCUT2D eigenvalue weighted by atomic mass is 10.3. The fourth-order valence-electron chi connectivity index (χ4n) is 0.864. The topological polar surface area (TPSA) is 37.9 Å². The fraction of sp³-hybridized carbons (Fsp3) is 0. The van der Waals surface area contributed by atoms with Crippen LogP contribution in [0.3, 0.4) is 0 Å². The van der Waals surface area contributed by atoms with E-state index in [2.05, 4.69) is 16.3 Å². The minimum atomic E-state index is 0.571. The van der Waals surface area contributed by atoms with Crippen molar-refractivity contribution in [2.75, 3.05) is 0 Å². The second-order valence-corrected chi connectivity index (χ2v) is 2.25. The molecule has 59 valence electrons. The van der Waals surface area contributed by atoms with Gasteiger partial charge in [-0.25, -0.2) is 0 Å². The zero-order chi connectivity index (χ0) is 8.23. The Morgan fingerprint density at radius 1 is 1.25 bits per heavy atom. The van der Waals surface area contributed by atoms with Crippen LogP contribution in [0.5, 0.6) is 11.6 Å². The molecule has 3 nitrogen and oxygen atoms in total. The van der Waals surface area contributed by atoms with Crippen molar-refractivity contribution in [3.63, 3.8) is 0 Å². The molecule has 0 saturated heterocycles. The van der Waals surface area contributed by atoms with Crippen LogP contribution in [0.4, 0.5) is 0 Å². The maximum absolute atomic E-state index is 5.36. The Labute approximate surface area is 70.0 Å². The molecule has 0 amide bonds. The van der Waals surface area contributed by atoms with Crippen molar-refractivity contribution >= 4 is 0 Å². The van der Waals surface area contributed by atoms with Crippen LogP contribution in [0.25, 0.3) is 0 Å². The molecule has 0 atom stereocenters. The van der Waals surface area contributed by atoms with Crippen LogP contribution in [0.1, 0.15) is 0 Å². The van der Waals surface area contributed by atoms with E-state index in [1.807, 2.05) is 12.1 Å². The van der Waals surface area contributed by atoms with Crippen LogP contribution < -0.4 is 4.74 Å². The number of hydrogen-bond acceptors (Lipinski definition) is 2. The maximum atomic E-state index is 5.36. The molecule has 0 spiro atoms. The third-order valence-electron chi connectivity index (χ3n) is 1.39. The van der Waals surface area contributed by atoms with Crippen molar-refractivity contribution in [2.45, 2.75) is 0 Å². The van der Waals surface area contributed by atoms with Crippen LogP contribution in [-0.2, 0) is 0 Å². The van der Waals surface area contributed by atoms with Crippen molar-refractivity contribution in [1.82, 2.24) is 10.2 Å². The molecule has 0 fully saturated rings. The third kappa shape index (κ3) is 1.45. The minimum Gasteiger partial charge on any atom is -0.438 e. The summed E-state index contributed by atoms with van der Waals surface area (Å²) in [4.78, 5) is 0. The van der Waals surface area contributed by atoms with Crippen molar-refractivity contribution < 1.29 is 4.74 Å². The summed E-state index contributed by atoms with van der Waals surface area (Å²) in [5, 5.41) is 6.52. The average Bonchev–Trinajstić information content (AvgIpc) is 2.59. The predicted octanol–water partition coefficient (Wildman–Crippen LogP) is 2.00. The first-order valence-corrected chi connectivity index (χ1v) is 3.59. The van der Waals surface area contributed by atoms with Gasteiger partial charge in [0, 0.05) is 12.3 Å².